The summed E-state index contributed by atoms with van der Waals surface area (Å²) in [5, 5.41) is 18.0. The molecule has 0 saturated carbocycles. The van der Waals surface area contributed by atoms with Crippen LogP contribution in [0.2, 0.25) is 0 Å². The molecular weight excluding hydrogens is 288 g/mol. The molecule has 4 heteroatoms. The Bertz CT molecular complexity index is 823. The van der Waals surface area contributed by atoms with Crippen molar-refractivity contribution >= 4 is 0 Å². The summed E-state index contributed by atoms with van der Waals surface area (Å²) in [6, 6.07) is 13.8. The summed E-state index contributed by atoms with van der Waals surface area (Å²) < 4.78 is 5.54. The highest BCUT2D eigenvalue weighted by atomic mass is 16.5. The molecule has 0 radical (unpaired) electrons. The monoisotopic (exact) mass is 308 g/mol. The third kappa shape index (κ3) is 2.68. The number of aromatic nitrogens is 2. The number of phenols is 1. The van der Waals surface area contributed by atoms with Crippen LogP contribution in [-0.2, 0) is 0 Å². The second kappa shape index (κ2) is 6.16. The summed E-state index contributed by atoms with van der Waals surface area (Å²) in [5.74, 6) is 0.905. The van der Waals surface area contributed by atoms with Crippen molar-refractivity contribution in [3.05, 3.63) is 53.7 Å². The summed E-state index contributed by atoms with van der Waals surface area (Å²) >= 11 is 0. The van der Waals surface area contributed by atoms with Crippen LogP contribution in [-0.4, -0.2) is 21.9 Å². The van der Waals surface area contributed by atoms with E-state index in [2.05, 4.69) is 10.2 Å². The topological polar surface area (TPSA) is 58.1 Å². The van der Waals surface area contributed by atoms with Gasteiger partial charge in [-0.2, -0.15) is 5.10 Å². The summed E-state index contributed by atoms with van der Waals surface area (Å²) in [7, 11) is 0. The van der Waals surface area contributed by atoms with Gasteiger partial charge in [-0.05, 0) is 38.5 Å². The highest BCUT2D eigenvalue weighted by Gasteiger charge is 2.19. The standard InChI is InChI=1S/C19H20N2O2/c1-4-23-16-11-10-15(19(22)12(16)2)18-17(13(3)20-21-18)14-8-6-5-7-9-14/h5-11,22H,4H2,1-3H3,(H,20,21). The van der Waals surface area contributed by atoms with E-state index >= 15 is 0 Å². The number of rotatable bonds is 4. The molecule has 0 aliphatic rings. The Morgan fingerprint density at radius 1 is 1.09 bits per heavy atom. The molecule has 118 valence electrons. The SMILES string of the molecule is CCOc1ccc(-c2n[nH]c(C)c2-c2ccccc2)c(O)c1C. The molecule has 0 aliphatic heterocycles. The largest absolute Gasteiger partial charge is 0.507 e. The fraction of sp³-hybridized carbons (Fsp3) is 0.211. The van der Waals surface area contributed by atoms with Gasteiger partial charge in [-0.3, -0.25) is 5.10 Å². The maximum atomic E-state index is 10.6. The first-order valence-electron chi connectivity index (χ1n) is 7.69. The van der Waals surface area contributed by atoms with Gasteiger partial charge in [0.2, 0.25) is 0 Å². The third-order valence-corrected chi connectivity index (χ3v) is 3.95. The number of aromatic amines is 1. The van der Waals surface area contributed by atoms with Gasteiger partial charge in [-0.25, -0.2) is 0 Å². The van der Waals surface area contributed by atoms with Gasteiger partial charge < -0.3 is 9.84 Å². The first-order valence-corrected chi connectivity index (χ1v) is 7.69. The Morgan fingerprint density at radius 3 is 2.52 bits per heavy atom. The van der Waals surface area contributed by atoms with Gasteiger partial charge in [0.05, 0.1) is 6.61 Å². The maximum Gasteiger partial charge on any atom is 0.131 e. The van der Waals surface area contributed by atoms with Gasteiger partial charge in [0, 0.05) is 22.4 Å². The predicted octanol–water partition coefficient (Wildman–Crippen LogP) is 4.46. The van der Waals surface area contributed by atoms with Gasteiger partial charge >= 0.3 is 0 Å². The number of benzene rings is 2. The first kappa shape index (κ1) is 15.2. The summed E-state index contributed by atoms with van der Waals surface area (Å²) in [5.41, 5.74) is 5.22. The quantitative estimate of drug-likeness (QED) is 0.748. The fourth-order valence-corrected chi connectivity index (χ4v) is 2.77. The van der Waals surface area contributed by atoms with Gasteiger partial charge in [-0.1, -0.05) is 30.3 Å². The lowest BCUT2D eigenvalue weighted by atomic mass is 9.97. The molecule has 0 bridgehead atoms. The van der Waals surface area contributed by atoms with Crippen LogP contribution in [0.1, 0.15) is 18.2 Å². The van der Waals surface area contributed by atoms with Gasteiger partial charge in [-0.15, -0.1) is 0 Å². The molecule has 0 amide bonds. The van der Waals surface area contributed by atoms with E-state index in [1.165, 1.54) is 0 Å². The van der Waals surface area contributed by atoms with Gasteiger partial charge in [0.1, 0.15) is 17.2 Å². The average molecular weight is 308 g/mol. The summed E-state index contributed by atoms with van der Waals surface area (Å²) in [6.07, 6.45) is 0. The van der Waals surface area contributed by atoms with Crippen molar-refractivity contribution in [2.75, 3.05) is 6.61 Å². The van der Waals surface area contributed by atoms with E-state index in [1.54, 1.807) is 0 Å². The Balaban J connectivity index is 2.16. The fourth-order valence-electron chi connectivity index (χ4n) is 2.77. The van der Waals surface area contributed by atoms with Crippen LogP contribution >= 0.6 is 0 Å². The zero-order valence-electron chi connectivity index (χ0n) is 13.6. The molecule has 3 aromatic rings. The molecule has 0 fully saturated rings. The zero-order chi connectivity index (χ0) is 16.4. The normalized spacial score (nSPS) is 10.7. The first-order chi connectivity index (χ1) is 11.1. The molecule has 0 spiro atoms. The smallest absolute Gasteiger partial charge is 0.131 e. The molecule has 0 saturated heterocycles. The third-order valence-electron chi connectivity index (χ3n) is 3.95. The van der Waals surface area contributed by atoms with Crippen LogP contribution in [0.25, 0.3) is 22.4 Å². The number of aryl methyl sites for hydroxylation is 1. The van der Waals surface area contributed by atoms with Crippen molar-refractivity contribution in [1.82, 2.24) is 10.2 Å². The van der Waals surface area contributed by atoms with Crippen molar-refractivity contribution in [2.24, 2.45) is 0 Å². The molecule has 4 nitrogen and oxygen atoms in total. The van der Waals surface area contributed by atoms with Crippen LogP contribution in [0.4, 0.5) is 0 Å². The second-order valence-electron chi connectivity index (χ2n) is 5.46. The van der Waals surface area contributed by atoms with Crippen molar-refractivity contribution in [3.63, 3.8) is 0 Å². The Morgan fingerprint density at radius 2 is 1.83 bits per heavy atom. The van der Waals surface area contributed by atoms with Gasteiger partial charge in [0.15, 0.2) is 0 Å². The maximum absolute atomic E-state index is 10.6. The minimum absolute atomic E-state index is 0.208. The molecule has 2 N–H and O–H groups in total. The molecule has 1 aromatic heterocycles. The number of ether oxygens (including phenoxy) is 1. The zero-order valence-corrected chi connectivity index (χ0v) is 13.6. The number of nitrogens with zero attached hydrogens (tertiary/aromatic N) is 1. The van der Waals surface area contributed by atoms with E-state index < -0.39 is 0 Å². The number of H-pyrrole nitrogens is 1. The summed E-state index contributed by atoms with van der Waals surface area (Å²) in [6.45, 7) is 6.33. The summed E-state index contributed by atoms with van der Waals surface area (Å²) in [4.78, 5) is 0. The van der Waals surface area contributed by atoms with Crippen LogP contribution in [0, 0.1) is 13.8 Å². The van der Waals surface area contributed by atoms with E-state index in [1.807, 2.05) is 63.2 Å². The molecule has 0 unspecified atom stereocenters. The highest BCUT2D eigenvalue weighted by Crippen LogP contribution is 2.41. The molecule has 2 aromatic carbocycles. The van der Waals surface area contributed by atoms with Crippen molar-refractivity contribution in [1.29, 1.82) is 0 Å². The molecule has 1 heterocycles. The van der Waals surface area contributed by atoms with E-state index in [4.69, 9.17) is 4.74 Å². The van der Waals surface area contributed by atoms with Crippen LogP contribution in [0.3, 0.4) is 0 Å². The van der Waals surface area contributed by atoms with Crippen molar-refractivity contribution in [2.45, 2.75) is 20.8 Å². The van der Waals surface area contributed by atoms with Crippen LogP contribution in [0.15, 0.2) is 42.5 Å². The predicted molar refractivity (Wildman–Crippen MR) is 91.8 cm³/mol. The number of hydrogen-bond donors (Lipinski definition) is 2. The van der Waals surface area contributed by atoms with Gasteiger partial charge in [0.25, 0.3) is 0 Å². The van der Waals surface area contributed by atoms with Crippen LogP contribution in [0.5, 0.6) is 11.5 Å². The molecule has 0 atom stereocenters. The lowest BCUT2D eigenvalue weighted by molar-refractivity contribution is 0.335. The van der Waals surface area contributed by atoms with Crippen molar-refractivity contribution in [3.8, 4) is 33.9 Å². The van der Waals surface area contributed by atoms with Crippen LogP contribution < -0.4 is 4.74 Å². The number of aromatic hydroxyl groups is 1. The number of hydrogen-bond acceptors (Lipinski definition) is 3. The second-order valence-corrected chi connectivity index (χ2v) is 5.46. The Hall–Kier alpha value is -2.75. The highest BCUT2D eigenvalue weighted by molar-refractivity contribution is 5.85. The lowest BCUT2D eigenvalue weighted by Gasteiger charge is -2.12. The molecule has 0 aliphatic carbocycles. The molecular formula is C19H20N2O2. The Labute approximate surface area is 135 Å². The van der Waals surface area contributed by atoms with E-state index in [0.717, 1.165) is 28.1 Å². The molecule has 3 rings (SSSR count). The minimum atomic E-state index is 0.208. The van der Waals surface area contributed by atoms with E-state index in [0.29, 0.717) is 17.9 Å². The lowest BCUT2D eigenvalue weighted by Crippen LogP contribution is -1.95. The van der Waals surface area contributed by atoms with Crippen molar-refractivity contribution < 1.29 is 9.84 Å². The van der Waals surface area contributed by atoms with E-state index in [9.17, 15) is 5.11 Å². The number of phenolic OH excluding ortho intramolecular Hbond substituents is 1. The average Bonchev–Trinajstić information content (AvgIpc) is 2.94. The van der Waals surface area contributed by atoms with E-state index in [-0.39, 0.29) is 5.75 Å². The number of nitrogens with one attached hydrogen (secondary N) is 1. The molecule has 23 heavy (non-hydrogen) atoms. The Kier molecular flexibility index (Phi) is 4.06. The minimum Gasteiger partial charge on any atom is -0.507 e.